The van der Waals surface area contributed by atoms with Gasteiger partial charge in [0, 0.05) is 6.42 Å². The highest BCUT2D eigenvalue weighted by molar-refractivity contribution is 5.69. The first-order chi connectivity index (χ1) is 7.65. The molecular formula is C14H20O2. The highest BCUT2D eigenvalue weighted by Gasteiger charge is 2.16. The Hall–Kier alpha value is -1.31. The third kappa shape index (κ3) is 3.69. The first-order valence-electron chi connectivity index (χ1n) is 5.77. The standard InChI is InChI=1S/C14H20O2/c1-11(2)13(9-10-14(15)16-3)12-7-5-4-6-8-12/h4-8,11,13H,9-10H2,1-3H3. The summed E-state index contributed by atoms with van der Waals surface area (Å²) in [6, 6.07) is 10.4. The summed E-state index contributed by atoms with van der Waals surface area (Å²) in [6.45, 7) is 4.38. The van der Waals surface area contributed by atoms with Crippen LogP contribution in [0.4, 0.5) is 0 Å². The molecule has 2 nitrogen and oxygen atoms in total. The quantitative estimate of drug-likeness (QED) is 0.711. The Balaban J connectivity index is 2.66. The predicted octanol–water partition coefficient (Wildman–Crippen LogP) is 3.38. The summed E-state index contributed by atoms with van der Waals surface area (Å²) in [4.78, 5) is 11.1. The predicted molar refractivity (Wildman–Crippen MR) is 65.3 cm³/mol. The fraction of sp³-hybridized carbons (Fsp3) is 0.500. The van der Waals surface area contributed by atoms with Crippen LogP contribution in [0.5, 0.6) is 0 Å². The molecular weight excluding hydrogens is 200 g/mol. The van der Waals surface area contributed by atoms with Gasteiger partial charge in [-0.25, -0.2) is 0 Å². The SMILES string of the molecule is COC(=O)CCC(c1ccccc1)C(C)C. The Morgan fingerprint density at radius 1 is 1.25 bits per heavy atom. The average molecular weight is 220 g/mol. The highest BCUT2D eigenvalue weighted by Crippen LogP contribution is 2.28. The van der Waals surface area contributed by atoms with E-state index in [1.54, 1.807) is 0 Å². The lowest BCUT2D eigenvalue weighted by molar-refractivity contribution is -0.140. The van der Waals surface area contributed by atoms with Crippen LogP contribution in [0.3, 0.4) is 0 Å². The molecule has 88 valence electrons. The molecule has 0 N–H and O–H groups in total. The molecule has 0 saturated carbocycles. The van der Waals surface area contributed by atoms with Crippen molar-refractivity contribution in [2.75, 3.05) is 7.11 Å². The zero-order valence-electron chi connectivity index (χ0n) is 10.3. The van der Waals surface area contributed by atoms with Crippen molar-refractivity contribution in [3.05, 3.63) is 35.9 Å². The summed E-state index contributed by atoms with van der Waals surface area (Å²) in [5.41, 5.74) is 1.31. The van der Waals surface area contributed by atoms with Crippen molar-refractivity contribution in [3.63, 3.8) is 0 Å². The van der Waals surface area contributed by atoms with Gasteiger partial charge in [-0.15, -0.1) is 0 Å². The number of hydrogen-bond donors (Lipinski definition) is 0. The lowest BCUT2D eigenvalue weighted by atomic mass is 9.85. The Morgan fingerprint density at radius 2 is 1.88 bits per heavy atom. The fourth-order valence-corrected chi connectivity index (χ4v) is 1.96. The molecule has 1 aromatic carbocycles. The van der Waals surface area contributed by atoms with Crippen molar-refractivity contribution in [2.45, 2.75) is 32.6 Å². The van der Waals surface area contributed by atoms with Crippen LogP contribution in [-0.2, 0) is 9.53 Å². The van der Waals surface area contributed by atoms with Crippen molar-refractivity contribution in [1.29, 1.82) is 0 Å². The van der Waals surface area contributed by atoms with E-state index in [0.29, 0.717) is 18.3 Å². The first-order valence-corrected chi connectivity index (χ1v) is 5.77. The molecule has 0 spiro atoms. The molecule has 1 rings (SSSR count). The third-order valence-corrected chi connectivity index (χ3v) is 2.92. The Kier molecular flexibility index (Phi) is 5.03. The van der Waals surface area contributed by atoms with E-state index in [1.165, 1.54) is 12.7 Å². The molecule has 0 aliphatic carbocycles. The van der Waals surface area contributed by atoms with Gasteiger partial charge in [0.25, 0.3) is 0 Å². The summed E-state index contributed by atoms with van der Waals surface area (Å²) >= 11 is 0. The maximum Gasteiger partial charge on any atom is 0.305 e. The number of esters is 1. The van der Waals surface area contributed by atoms with Crippen molar-refractivity contribution >= 4 is 5.97 Å². The largest absolute Gasteiger partial charge is 0.469 e. The molecule has 0 saturated heterocycles. The maximum absolute atomic E-state index is 11.1. The molecule has 0 bridgehead atoms. The van der Waals surface area contributed by atoms with Crippen LogP contribution in [0.25, 0.3) is 0 Å². The lowest BCUT2D eigenvalue weighted by Crippen LogP contribution is -2.10. The summed E-state index contributed by atoms with van der Waals surface area (Å²) in [6.07, 6.45) is 1.35. The monoisotopic (exact) mass is 220 g/mol. The molecule has 0 aliphatic rings. The van der Waals surface area contributed by atoms with Crippen molar-refractivity contribution in [3.8, 4) is 0 Å². The van der Waals surface area contributed by atoms with Gasteiger partial charge in [0.1, 0.15) is 0 Å². The normalized spacial score (nSPS) is 12.5. The second-order valence-electron chi connectivity index (χ2n) is 4.38. The molecule has 1 aromatic rings. The summed E-state index contributed by atoms with van der Waals surface area (Å²) in [7, 11) is 1.44. The van der Waals surface area contributed by atoms with Gasteiger partial charge in [-0.05, 0) is 23.8 Å². The molecule has 0 amide bonds. The van der Waals surface area contributed by atoms with Gasteiger partial charge in [-0.3, -0.25) is 4.79 Å². The Bertz CT molecular complexity index is 317. The molecule has 0 heterocycles. The van der Waals surface area contributed by atoms with Crippen molar-refractivity contribution in [2.24, 2.45) is 5.92 Å². The Morgan fingerprint density at radius 3 is 2.38 bits per heavy atom. The average Bonchev–Trinajstić information content (AvgIpc) is 2.30. The fourth-order valence-electron chi connectivity index (χ4n) is 1.96. The zero-order chi connectivity index (χ0) is 12.0. The number of methoxy groups -OCH3 is 1. The van der Waals surface area contributed by atoms with E-state index >= 15 is 0 Å². The summed E-state index contributed by atoms with van der Waals surface area (Å²) in [5.74, 6) is 0.842. The van der Waals surface area contributed by atoms with Gasteiger partial charge in [0.05, 0.1) is 7.11 Å². The van der Waals surface area contributed by atoms with Crippen molar-refractivity contribution < 1.29 is 9.53 Å². The van der Waals surface area contributed by atoms with Crippen LogP contribution < -0.4 is 0 Å². The molecule has 0 aromatic heterocycles. The molecule has 1 unspecified atom stereocenters. The number of ether oxygens (including phenoxy) is 1. The number of hydrogen-bond acceptors (Lipinski definition) is 2. The topological polar surface area (TPSA) is 26.3 Å². The van der Waals surface area contributed by atoms with E-state index in [4.69, 9.17) is 0 Å². The van der Waals surface area contributed by atoms with E-state index in [2.05, 4.69) is 30.7 Å². The van der Waals surface area contributed by atoms with Gasteiger partial charge in [-0.1, -0.05) is 44.2 Å². The molecule has 0 aliphatic heterocycles. The van der Waals surface area contributed by atoms with Crippen LogP contribution in [0, 0.1) is 5.92 Å². The summed E-state index contributed by atoms with van der Waals surface area (Å²) < 4.78 is 4.68. The van der Waals surface area contributed by atoms with Gasteiger partial charge >= 0.3 is 5.97 Å². The third-order valence-electron chi connectivity index (χ3n) is 2.92. The molecule has 0 fully saturated rings. The zero-order valence-corrected chi connectivity index (χ0v) is 10.3. The van der Waals surface area contributed by atoms with Gasteiger partial charge < -0.3 is 4.74 Å². The molecule has 16 heavy (non-hydrogen) atoms. The smallest absolute Gasteiger partial charge is 0.305 e. The number of benzene rings is 1. The molecule has 0 radical (unpaired) electrons. The number of rotatable bonds is 5. The first kappa shape index (κ1) is 12.8. The van der Waals surface area contributed by atoms with Crippen LogP contribution in [0.15, 0.2) is 30.3 Å². The van der Waals surface area contributed by atoms with Crippen LogP contribution in [0.1, 0.15) is 38.2 Å². The summed E-state index contributed by atoms with van der Waals surface area (Å²) in [5, 5.41) is 0. The minimum atomic E-state index is -0.124. The van der Waals surface area contributed by atoms with E-state index in [-0.39, 0.29) is 5.97 Å². The van der Waals surface area contributed by atoms with Crippen LogP contribution in [-0.4, -0.2) is 13.1 Å². The lowest BCUT2D eigenvalue weighted by Gasteiger charge is -2.20. The van der Waals surface area contributed by atoms with Crippen molar-refractivity contribution in [1.82, 2.24) is 0 Å². The van der Waals surface area contributed by atoms with Crippen LogP contribution in [0.2, 0.25) is 0 Å². The second-order valence-corrected chi connectivity index (χ2v) is 4.38. The molecule has 2 heteroatoms. The van der Waals surface area contributed by atoms with E-state index in [1.807, 2.05) is 18.2 Å². The van der Waals surface area contributed by atoms with Gasteiger partial charge in [0.15, 0.2) is 0 Å². The minimum Gasteiger partial charge on any atom is -0.469 e. The van der Waals surface area contributed by atoms with Crippen LogP contribution >= 0.6 is 0 Å². The Labute approximate surface area is 97.6 Å². The minimum absolute atomic E-state index is 0.124. The van der Waals surface area contributed by atoms with Gasteiger partial charge in [0.2, 0.25) is 0 Å². The number of carbonyl (C=O) groups is 1. The van der Waals surface area contributed by atoms with E-state index in [9.17, 15) is 4.79 Å². The van der Waals surface area contributed by atoms with E-state index in [0.717, 1.165) is 6.42 Å². The van der Waals surface area contributed by atoms with E-state index < -0.39 is 0 Å². The number of carbonyl (C=O) groups excluding carboxylic acids is 1. The molecule has 1 atom stereocenters. The highest BCUT2D eigenvalue weighted by atomic mass is 16.5. The maximum atomic E-state index is 11.1. The van der Waals surface area contributed by atoms with Gasteiger partial charge in [-0.2, -0.15) is 0 Å². The second kappa shape index (κ2) is 6.31.